The van der Waals surface area contributed by atoms with Crippen LogP contribution in [0, 0.1) is 0 Å². The lowest BCUT2D eigenvalue weighted by Gasteiger charge is -2.42. The third kappa shape index (κ3) is 1.20. The minimum absolute atomic E-state index is 0.611. The van der Waals surface area contributed by atoms with Crippen LogP contribution in [0.5, 0.6) is 0 Å². The highest BCUT2D eigenvalue weighted by molar-refractivity contribution is 4.82. The molecule has 1 rings (SSSR count). The van der Waals surface area contributed by atoms with Crippen LogP contribution in [0.4, 0.5) is 0 Å². The van der Waals surface area contributed by atoms with Gasteiger partial charge >= 0.3 is 0 Å². The summed E-state index contributed by atoms with van der Waals surface area (Å²) in [5, 5.41) is 0. The molecule has 1 fully saturated rings. The van der Waals surface area contributed by atoms with Gasteiger partial charge in [0.2, 0.25) is 0 Å². The Morgan fingerprint density at radius 2 is 1.73 bits per heavy atom. The Balaban J connectivity index is 2.81. The van der Waals surface area contributed by atoms with Crippen LogP contribution >= 0.6 is 0 Å². The zero-order valence-electron chi connectivity index (χ0n) is 8.48. The van der Waals surface area contributed by atoms with Crippen molar-refractivity contribution in [2.75, 3.05) is 20.6 Å². The van der Waals surface area contributed by atoms with Crippen molar-refractivity contribution in [1.29, 1.82) is 0 Å². The summed E-state index contributed by atoms with van der Waals surface area (Å²) in [5.41, 5.74) is 0.611. The predicted molar refractivity (Wildman–Crippen MR) is 49.5 cm³/mol. The summed E-state index contributed by atoms with van der Waals surface area (Å²) in [4.78, 5) is 0. The summed E-state index contributed by atoms with van der Waals surface area (Å²) in [6.07, 6.45) is 5.55. The van der Waals surface area contributed by atoms with Crippen LogP contribution in [0.25, 0.3) is 0 Å². The maximum Gasteiger partial charge on any atom is 0.0985 e. The van der Waals surface area contributed by atoms with Gasteiger partial charge in [-0.15, -0.1) is 0 Å². The first kappa shape index (κ1) is 9.05. The molecule has 1 heteroatoms. The van der Waals surface area contributed by atoms with Gasteiger partial charge < -0.3 is 4.48 Å². The van der Waals surface area contributed by atoms with Crippen LogP contribution in [0.15, 0.2) is 0 Å². The zero-order valence-corrected chi connectivity index (χ0v) is 8.48. The molecule has 0 aromatic heterocycles. The molecule has 0 atom stereocenters. The fourth-order valence-electron chi connectivity index (χ4n) is 2.80. The van der Waals surface area contributed by atoms with E-state index in [-0.39, 0.29) is 0 Å². The van der Waals surface area contributed by atoms with Gasteiger partial charge in [-0.2, -0.15) is 0 Å². The van der Waals surface area contributed by atoms with Gasteiger partial charge in [0.1, 0.15) is 0 Å². The first-order valence-corrected chi connectivity index (χ1v) is 4.91. The molecule has 0 bridgehead atoms. The van der Waals surface area contributed by atoms with Gasteiger partial charge in [-0.1, -0.05) is 13.8 Å². The van der Waals surface area contributed by atoms with Crippen molar-refractivity contribution in [3.63, 3.8) is 0 Å². The minimum atomic E-state index is 0.611. The van der Waals surface area contributed by atoms with Gasteiger partial charge in [0, 0.05) is 12.8 Å². The van der Waals surface area contributed by atoms with Crippen LogP contribution in [0.1, 0.15) is 39.5 Å². The highest BCUT2D eigenvalue weighted by Crippen LogP contribution is 2.38. The third-order valence-corrected chi connectivity index (χ3v) is 3.96. The Bertz CT molecular complexity index is 134. The monoisotopic (exact) mass is 156 g/mol. The highest BCUT2D eigenvalue weighted by Gasteiger charge is 2.46. The van der Waals surface area contributed by atoms with Crippen molar-refractivity contribution in [3.8, 4) is 0 Å². The summed E-state index contributed by atoms with van der Waals surface area (Å²) in [7, 11) is 4.78. The molecule has 0 N–H and O–H groups in total. The van der Waals surface area contributed by atoms with Crippen molar-refractivity contribution in [2.24, 2.45) is 0 Å². The average Bonchev–Trinajstić information content (AvgIpc) is 2.26. The lowest BCUT2D eigenvalue weighted by atomic mass is 9.89. The van der Waals surface area contributed by atoms with Crippen LogP contribution in [-0.2, 0) is 0 Å². The summed E-state index contributed by atoms with van der Waals surface area (Å²) in [5.74, 6) is 0. The second-order valence-corrected chi connectivity index (χ2v) is 4.44. The summed E-state index contributed by atoms with van der Waals surface area (Å²) in [6.45, 7) is 6.06. The van der Waals surface area contributed by atoms with E-state index in [1.54, 1.807) is 0 Å². The van der Waals surface area contributed by atoms with E-state index in [9.17, 15) is 0 Å². The first-order valence-electron chi connectivity index (χ1n) is 4.91. The molecule has 0 aromatic carbocycles. The Morgan fingerprint density at radius 3 is 1.91 bits per heavy atom. The van der Waals surface area contributed by atoms with E-state index < -0.39 is 0 Å². The molecule has 1 saturated heterocycles. The normalized spacial score (nSPS) is 27.3. The van der Waals surface area contributed by atoms with Crippen LogP contribution in [-0.4, -0.2) is 30.7 Å². The Kier molecular flexibility index (Phi) is 2.29. The van der Waals surface area contributed by atoms with Crippen LogP contribution < -0.4 is 0 Å². The lowest BCUT2D eigenvalue weighted by Crippen LogP contribution is -2.54. The van der Waals surface area contributed by atoms with Gasteiger partial charge in [-0.05, 0) is 12.8 Å². The quantitative estimate of drug-likeness (QED) is 0.539. The number of hydrogen-bond acceptors (Lipinski definition) is 0. The molecule has 1 aliphatic heterocycles. The van der Waals surface area contributed by atoms with Gasteiger partial charge in [0.15, 0.2) is 0 Å². The second kappa shape index (κ2) is 2.78. The maximum atomic E-state index is 2.39. The van der Waals surface area contributed by atoms with Gasteiger partial charge in [-0.3, -0.25) is 0 Å². The summed E-state index contributed by atoms with van der Waals surface area (Å²) < 4.78 is 1.25. The molecule has 1 aliphatic rings. The van der Waals surface area contributed by atoms with E-state index in [0.29, 0.717) is 5.54 Å². The number of nitrogens with zero attached hydrogens (tertiary/aromatic N) is 1. The maximum absolute atomic E-state index is 2.39. The Hall–Kier alpha value is -0.0400. The molecule has 0 aromatic rings. The van der Waals surface area contributed by atoms with Gasteiger partial charge in [0.25, 0.3) is 0 Å². The largest absolute Gasteiger partial charge is 0.324 e. The van der Waals surface area contributed by atoms with E-state index in [1.807, 2.05) is 0 Å². The molecule has 0 saturated carbocycles. The van der Waals surface area contributed by atoms with Crippen molar-refractivity contribution in [2.45, 2.75) is 45.1 Å². The standard InChI is InChI=1S/C10H22N/c1-5-10(6-2)8-7-9-11(10,3)4/h5-9H2,1-4H3/q+1. The van der Waals surface area contributed by atoms with E-state index in [4.69, 9.17) is 0 Å². The van der Waals surface area contributed by atoms with E-state index >= 15 is 0 Å². The minimum Gasteiger partial charge on any atom is -0.324 e. The SMILES string of the molecule is CCC1(CC)CCC[N+]1(C)C. The number of hydrogen-bond donors (Lipinski definition) is 0. The summed E-state index contributed by atoms with van der Waals surface area (Å²) >= 11 is 0. The molecule has 1 nitrogen and oxygen atoms in total. The van der Waals surface area contributed by atoms with Crippen molar-refractivity contribution >= 4 is 0 Å². The molecule has 0 spiro atoms. The zero-order chi connectivity index (χ0) is 8.54. The number of likely N-dealkylation sites (tertiary alicyclic amines) is 1. The van der Waals surface area contributed by atoms with E-state index in [0.717, 1.165) is 0 Å². The second-order valence-electron chi connectivity index (χ2n) is 4.44. The highest BCUT2D eigenvalue weighted by atomic mass is 15.4. The van der Waals surface area contributed by atoms with E-state index in [1.165, 1.54) is 36.7 Å². The number of rotatable bonds is 2. The van der Waals surface area contributed by atoms with Crippen LogP contribution in [0.2, 0.25) is 0 Å². The van der Waals surface area contributed by atoms with Gasteiger partial charge in [-0.25, -0.2) is 0 Å². The molecule has 0 aliphatic carbocycles. The molecule has 66 valence electrons. The molecule has 1 heterocycles. The average molecular weight is 156 g/mol. The Morgan fingerprint density at radius 1 is 1.18 bits per heavy atom. The molecule has 0 radical (unpaired) electrons. The molecule has 0 amide bonds. The van der Waals surface area contributed by atoms with E-state index in [2.05, 4.69) is 27.9 Å². The van der Waals surface area contributed by atoms with Crippen molar-refractivity contribution in [1.82, 2.24) is 0 Å². The number of quaternary nitrogens is 1. The molecule has 11 heavy (non-hydrogen) atoms. The van der Waals surface area contributed by atoms with Crippen molar-refractivity contribution in [3.05, 3.63) is 0 Å². The lowest BCUT2D eigenvalue weighted by molar-refractivity contribution is -0.929. The first-order chi connectivity index (χ1) is 5.08. The summed E-state index contributed by atoms with van der Waals surface area (Å²) in [6, 6.07) is 0. The predicted octanol–water partition coefficient (Wildman–Crippen LogP) is 2.42. The Labute approximate surface area is 71.0 Å². The van der Waals surface area contributed by atoms with Crippen molar-refractivity contribution < 1.29 is 4.48 Å². The smallest absolute Gasteiger partial charge is 0.0985 e. The third-order valence-electron chi connectivity index (χ3n) is 3.96. The topological polar surface area (TPSA) is 0 Å². The molecule has 0 unspecified atom stereocenters. The van der Waals surface area contributed by atoms with Crippen LogP contribution in [0.3, 0.4) is 0 Å². The van der Waals surface area contributed by atoms with Gasteiger partial charge in [0.05, 0.1) is 26.2 Å². The molecular formula is C10H22N+. The molecular weight excluding hydrogens is 134 g/mol. The fourth-order valence-corrected chi connectivity index (χ4v) is 2.80. The fraction of sp³-hybridized carbons (Fsp3) is 1.00.